The van der Waals surface area contributed by atoms with Crippen LogP contribution in [0.2, 0.25) is 0 Å². The number of aliphatic hydroxyl groups excluding tert-OH is 1. The van der Waals surface area contributed by atoms with Crippen molar-refractivity contribution >= 4 is 6.09 Å². The maximum atomic E-state index is 11.1. The summed E-state index contributed by atoms with van der Waals surface area (Å²) in [7, 11) is 0. The number of aryl methyl sites for hydroxylation is 1. The maximum absolute atomic E-state index is 11.1. The molecular formula is C13H19NO3. The summed E-state index contributed by atoms with van der Waals surface area (Å²) in [6.45, 7) is 0.912. The molecule has 0 fully saturated rings. The highest BCUT2D eigenvalue weighted by atomic mass is 16.5. The lowest BCUT2D eigenvalue weighted by molar-refractivity contribution is 0.135. The second-order valence-electron chi connectivity index (χ2n) is 3.73. The molecule has 0 aromatic heterocycles. The van der Waals surface area contributed by atoms with E-state index in [1.54, 1.807) is 0 Å². The average molecular weight is 237 g/mol. The Labute approximate surface area is 102 Å². The van der Waals surface area contributed by atoms with E-state index in [2.05, 4.69) is 17.4 Å². The van der Waals surface area contributed by atoms with E-state index in [0.717, 1.165) is 12.8 Å². The molecule has 0 unspecified atom stereocenters. The number of nitrogens with one attached hydrogen (secondary N) is 1. The zero-order valence-electron chi connectivity index (χ0n) is 9.89. The molecular weight excluding hydrogens is 218 g/mol. The van der Waals surface area contributed by atoms with E-state index in [4.69, 9.17) is 9.84 Å². The number of hydrogen-bond acceptors (Lipinski definition) is 3. The zero-order valence-corrected chi connectivity index (χ0v) is 9.89. The third-order valence-corrected chi connectivity index (χ3v) is 2.29. The molecule has 94 valence electrons. The van der Waals surface area contributed by atoms with Crippen molar-refractivity contribution in [1.29, 1.82) is 0 Å². The number of amides is 1. The van der Waals surface area contributed by atoms with Crippen LogP contribution in [0, 0.1) is 0 Å². The second kappa shape index (κ2) is 8.58. The second-order valence-corrected chi connectivity index (χ2v) is 3.73. The molecule has 0 spiro atoms. The van der Waals surface area contributed by atoms with E-state index in [9.17, 15) is 4.79 Å². The van der Waals surface area contributed by atoms with Crippen molar-refractivity contribution in [3.8, 4) is 0 Å². The standard InChI is InChI=1S/C13H19NO3/c15-10-5-11-17-13(16)14-9-4-8-12-6-2-1-3-7-12/h1-3,6-7,15H,4-5,8-11H2,(H,14,16). The van der Waals surface area contributed by atoms with Crippen LogP contribution in [0.4, 0.5) is 4.79 Å². The Kier molecular flexibility index (Phi) is 6.82. The monoisotopic (exact) mass is 237 g/mol. The Hall–Kier alpha value is -1.55. The van der Waals surface area contributed by atoms with Gasteiger partial charge in [0.1, 0.15) is 0 Å². The van der Waals surface area contributed by atoms with E-state index in [-0.39, 0.29) is 13.2 Å². The van der Waals surface area contributed by atoms with Gasteiger partial charge >= 0.3 is 6.09 Å². The Morgan fingerprint density at radius 1 is 1.24 bits per heavy atom. The Bertz CT molecular complexity index is 314. The first-order valence-electron chi connectivity index (χ1n) is 5.88. The number of aliphatic hydroxyl groups is 1. The molecule has 1 amide bonds. The molecule has 17 heavy (non-hydrogen) atoms. The first-order valence-corrected chi connectivity index (χ1v) is 5.88. The van der Waals surface area contributed by atoms with E-state index >= 15 is 0 Å². The number of benzene rings is 1. The number of carbonyl (C=O) groups excluding carboxylic acids is 1. The molecule has 1 aromatic rings. The summed E-state index contributed by atoms with van der Waals surface area (Å²) < 4.78 is 4.82. The Balaban J connectivity index is 2.02. The molecule has 1 aromatic carbocycles. The van der Waals surface area contributed by atoms with Gasteiger partial charge in [0, 0.05) is 19.6 Å². The predicted molar refractivity (Wildman–Crippen MR) is 65.8 cm³/mol. The van der Waals surface area contributed by atoms with Crippen LogP contribution in [0.3, 0.4) is 0 Å². The average Bonchev–Trinajstić information content (AvgIpc) is 2.36. The van der Waals surface area contributed by atoms with Crippen molar-refractivity contribution < 1.29 is 14.6 Å². The number of carbonyl (C=O) groups is 1. The fraction of sp³-hybridized carbons (Fsp3) is 0.462. The molecule has 0 aliphatic heterocycles. The van der Waals surface area contributed by atoms with E-state index < -0.39 is 6.09 Å². The summed E-state index contributed by atoms with van der Waals surface area (Å²) in [6, 6.07) is 10.1. The highest BCUT2D eigenvalue weighted by molar-refractivity contribution is 5.66. The van der Waals surface area contributed by atoms with Gasteiger partial charge in [0.25, 0.3) is 0 Å². The predicted octanol–water partition coefficient (Wildman–Crippen LogP) is 1.73. The largest absolute Gasteiger partial charge is 0.449 e. The fourth-order valence-corrected chi connectivity index (χ4v) is 1.41. The van der Waals surface area contributed by atoms with Gasteiger partial charge in [-0.3, -0.25) is 0 Å². The van der Waals surface area contributed by atoms with Crippen LogP contribution in [0.25, 0.3) is 0 Å². The topological polar surface area (TPSA) is 58.6 Å². The lowest BCUT2D eigenvalue weighted by atomic mass is 10.1. The summed E-state index contributed by atoms with van der Waals surface area (Å²) in [5, 5.41) is 11.2. The number of alkyl carbamates (subject to hydrolysis) is 1. The molecule has 0 aliphatic carbocycles. The lowest BCUT2D eigenvalue weighted by Gasteiger charge is -2.06. The molecule has 0 radical (unpaired) electrons. The summed E-state index contributed by atoms with van der Waals surface area (Å²) >= 11 is 0. The quantitative estimate of drug-likeness (QED) is 0.710. The van der Waals surface area contributed by atoms with Crippen LogP contribution in [-0.4, -0.2) is 31.0 Å². The molecule has 0 saturated heterocycles. The third kappa shape index (κ3) is 6.58. The smallest absolute Gasteiger partial charge is 0.407 e. The van der Waals surface area contributed by atoms with Gasteiger partial charge in [-0.25, -0.2) is 4.79 Å². The molecule has 1 rings (SSSR count). The van der Waals surface area contributed by atoms with Crippen molar-refractivity contribution in [2.75, 3.05) is 19.8 Å². The lowest BCUT2D eigenvalue weighted by Crippen LogP contribution is -2.26. The normalized spacial score (nSPS) is 9.94. The van der Waals surface area contributed by atoms with Crippen LogP contribution < -0.4 is 5.32 Å². The van der Waals surface area contributed by atoms with Gasteiger partial charge in [0.05, 0.1) is 6.61 Å². The summed E-state index contributed by atoms with van der Waals surface area (Å²) in [5.74, 6) is 0. The van der Waals surface area contributed by atoms with Gasteiger partial charge in [-0.1, -0.05) is 30.3 Å². The van der Waals surface area contributed by atoms with Crippen LogP contribution >= 0.6 is 0 Å². The third-order valence-electron chi connectivity index (χ3n) is 2.29. The Morgan fingerprint density at radius 2 is 2.00 bits per heavy atom. The minimum absolute atomic E-state index is 0.0429. The van der Waals surface area contributed by atoms with Crippen molar-refractivity contribution in [3.05, 3.63) is 35.9 Å². The van der Waals surface area contributed by atoms with Crippen molar-refractivity contribution in [2.45, 2.75) is 19.3 Å². The number of hydrogen-bond donors (Lipinski definition) is 2. The molecule has 4 heteroatoms. The van der Waals surface area contributed by atoms with E-state index in [1.807, 2.05) is 18.2 Å². The van der Waals surface area contributed by atoms with Crippen molar-refractivity contribution in [2.24, 2.45) is 0 Å². The van der Waals surface area contributed by atoms with E-state index in [0.29, 0.717) is 13.0 Å². The fourth-order valence-electron chi connectivity index (χ4n) is 1.41. The van der Waals surface area contributed by atoms with Gasteiger partial charge in [0.2, 0.25) is 0 Å². The van der Waals surface area contributed by atoms with Gasteiger partial charge < -0.3 is 15.2 Å². The van der Waals surface area contributed by atoms with Crippen molar-refractivity contribution in [3.63, 3.8) is 0 Å². The van der Waals surface area contributed by atoms with Crippen molar-refractivity contribution in [1.82, 2.24) is 5.32 Å². The first-order chi connectivity index (χ1) is 8.33. The summed E-state index contributed by atoms with van der Waals surface area (Å²) in [6.07, 6.45) is 1.90. The minimum atomic E-state index is -0.411. The molecule has 0 aliphatic rings. The van der Waals surface area contributed by atoms with Gasteiger partial charge in [-0.2, -0.15) is 0 Å². The van der Waals surface area contributed by atoms with Gasteiger partial charge in [-0.05, 0) is 18.4 Å². The molecule has 0 heterocycles. The SMILES string of the molecule is O=C(NCCCc1ccccc1)OCCCO. The zero-order chi connectivity index (χ0) is 12.3. The summed E-state index contributed by atoms with van der Waals surface area (Å²) in [5.41, 5.74) is 1.27. The van der Waals surface area contributed by atoms with E-state index in [1.165, 1.54) is 5.56 Å². The summed E-state index contributed by atoms with van der Waals surface area (Å²) in [4.78, 5) is 11.1. The first kappa shape index (κ1) is 13.5. The molecule has 0 atom stereocenters. The Morgan fingerprint density at radius 3 is 2.71 bits per heavy atom. The van der Waals surface area contributed by atoms with Gasteiger partial charge in [-0.15, -0.1) is 0 Å². The molecule has 0 bridgehead atoms. The van der Waals surface area contributed by atoms with Crippen LogP contribution in [0.1, 0.15) is 18.4 Å². The molecule has 4 nitrogen and oxygen atoms in total. The molecule has 2 N–H and O–H groups in total. The highest BCUT2D eigenvalue weighted by Gasteiger charge is 2.00. The highest BCUT2D eigenvalue weighted by Crippen LogP contribution is 2.01. The number of ether oxygens (including phenoxy) is 1. The van der Waals surface area contributed by atoms with Crippen LogP contribution in [-0.2, 0) is 11.2 Å². The molecule has 0 saturated carbocycles. The maximum Gasteiger partial charge on any atom is 0.407 e. The van der Waals surface area contributed by atoms with Gasteiger partial charge in [0.15, 0.2) is 0 Å². The van der Waals surface area contributed by atoms with Crippen LogP contribution in [0.5, 0.6) is 0 Å². The van der Waals surface area contributed by atoms with Crippen LogP contribution in [0.15, 0.2) is 30.3 Å². The minimum Gasteiger partial charge on any atom is -0.449 e. The number of rotatable bonds is 7.